The zero-order chi connectivity index (χ0) is 18.3. The number of thiazole rings is 1. The number of nitrogens with zero attached hydrogens (tertiary/aromatic N) is 2. The minimum atomic E-state index is -0.234. The first kappa shape index (κ1) is 16.4. The van der Waals surface area contributed by atoms with E-state index in [4.69, 9.17) is 0 Å². The van der Waals surface area contributed by atoms with Gasteiger partial charge in [0.25, 0.3) is 0 Å². The maximum absolute atomic E-state index is 12.3. The van der Waals surface area contributed by atoms with Crippen LogP contribution in [0.15, 0.2) is 52.3 Å². The minimum absolute atomic E-state index is 0.0784. The van der Waals surface area contributed by atoms with E-state index >= 15 is 0 Å². The normalized spacial score (nSPS) is 14.1. The number of aryl methyl sites for hydroxylation is 1. The van der Waals surface area contributed by atoms with Gasteiger partial charge in [-0.1, -0.05) is 47.2 Å². The zero-order valence-corrected chi connectivity index (χ0v) is 14.8. The third-order valence-corrected chi connectivity index (χ3v) is 5.21. The summed E-state index contributed by atoms with van der Waals surface area (Å²) in [4.78, 5) is 16.8. The summed E-state index contributed by atoms with van der Waals surface area (Å²) < 4.78 is 1.35. The molecule has 3 aromatic rings. The van der Waals surface area contributed by atoms with Crippen molar-refractivity contribution < 1.29 is 10.2 Å². The Hall–Kier alpha value is -3.12. The number of phenolic OH excluding ortho intramolecular Hbond substituents is 1. The number of hydrogen-bond donors (Lipinski definition) is 2. The number of fused-ring (bicyclic) bond motifs is 1. The number of aromatic nitrogens is 1. The molecule has 5 nitrogen and oxygen atoms in total. The minimum Gasteiger partial charge on any atom is -0.507 e. The maximum atomic E-state index is 12.3. The Labute approximate surface area is 153 Å². The van der Waals surface area contributed by atoms with Crippen molar-refractivity contribution in [2.75, 3.05) is 0 Å². The summed E-state index contributed by atoms with van der Waals surface area (Å²) in [5.74, 6) is 0.0440. The van der Waals surface area contributed by atoms with Gasteiger partial charge in [-0.2, -0.15) is 0 Å². The maximum Gasteiger partial charge on any atom is 0.310 e. The molecule has 2 heterocycles. The van der Waals surface area contributed by atoms with Gasteiger partial charge in [-0.3, -0.25) is 14.4 Å². The zero-order valence-electron chi connectivity index (χ0n) is 14.0. The number of rotatable bonds is 3. The summed E-state index contributed by atoms with van der Waals surface area (Å²) in [6.45, 7) is 2.30. The first-order valence-electron chi connectivity index (χ1n) is 8.09. The van der Waals surface area contributed by atoms with Gasteiger partial charge in [-0.15, -0.1) is 0 Å². The second-order valence-electron chi connectivity index (χ2n) is 6.16. The van der Waals surface area contributed by atoms with Crippen molar-refractivity contribution >= 4 is 34.9 Å². The molecule has 0 radical (unpaired) electrons. The Morgan fingerprint density at radius 1 is 1.15 bits per heavy atom. The van der Waals surface area contributed by atoms with E-state index in [1.165, 1.54) is 4.57 Å². The fourth-order valence-electron chi connectivity index (χ4n) is 2.91. The standard InChI is InChI=1S/C20H16N2O3S/c1-12-5-7-13(8-6-12)11-22-19(24)17(26-20(22)25)9-14-10-21-15-3-2-4-16(23)18(14)15/h2-10,23-24H,11H2,1H3. The van der Waals surface area contributed by atoms with E-state index in [2.05, 4.69) is 4.99 Å². The van der Waals surface area contributed by atoms with E-state index in [1.807, 2.05) is 31.2 Å². The molecule has 0 saturated carbocycles. The van der Waals surface area contributed by atoms with Gasteiger partial charge in [0.1, 0.15) is 5.75 Å². The molecule has 0 amide bonds. The Morgan fingerprint density at radius 3 is 2.69 bits per heavy atom. The van der Waals surface area contributed by atoms with Gasteiger partial charge in [0, 0.05) is 11.8 Å². The van der Waals surface area contributed by atoms with Crippen LogP contribution in [-0.2, 0) is 6.54 Å². The SMILES string of the molecule is Cc1ccc(Cn2c(O)c(C=C3C=Nc4cccc(O)c43)sc2=O)cc1. The number of phenols is 1. The van der Waals surface area contributed by atoms with Gasteiger partial charge in [-0.25, -0.2) is 0 Å². The summed E-state index contributed by atoms with van der Waals surface area (Å²) in [5.41, 5.74) is 4.02. The molecule has 1 aliphatic heterocycles. The fraction of sp³-hybridized carbons (Fsp3) is 0.100. The third kappa shape index (κ3) is 2.84. The first-order chi connectivity index (χ1) is 12.5. The lowest BCUT2D eigenvalue weighted by Gasteiger charge is -2.05. The van der Waals surface area contributed by atoms with Gasteiger partial charge < -0.3 is 10.2 Å². The molecule has 2 aromatic carbocycles. The van der Waals surface area contributed by atoms with Crippen molar-refractivity contribution in [3.8, 4) is 11.6 Å². The lowest BCUT2D eigenvalue weighted by molar-refractivity contribution is 0.420. The number of aliphatic imine (C=N–C) groups is 1. The summed E-state index contributed by atoms with van der Waals surface area (Å²) >= 11 is 0.968. The van der Waals surface area contributed by atoms with Crippen LogP contribution in [-0.4, -0.2) is 21.0 Å². The summed E-state index contributed by atoms with van der Waals surface area (Å²) in [6, 6.07) is 12.9. The Bertz CT molecular complexity index is 1110. The number of aromatic hydroxyl groups is 2. The number of allylic oxidation sites excluding steroid dienone is 1. The van der Waals surface area contributed by atoms with Crippen molar-refractivity contribution in [1.29, 1.82) is 0 Å². The van der Waals surface area contributed by atoms with Crippen LogP contribution < -0.4 is 4.87 Å². The van der Waals surface area contributed by atoms with Crippen LogP contribution in [0.3, 0.4) is 0 Å². The smallest absolute Gasteiger partial charge is 0.310 e. The Kier molecular flexibility index (Phi) is 3.97. The van der Waals surface area contributed by atoms with E-state index in [1.54, 1.807) is 30.5 Å². The van der Waals surface area contributed by atoms with Gasteiger partial charge >= 0.3 is 4.87 Å². The predicted octanol–water partition coefficient (Wildman–Crippen LogP) is 3.93. The van der Waals surface area contributed by atoms with Crippen molar-refractivity contribution in [2.24, 2.45) is 4.99 Å². The molecule has 2 N–H and O–H groups in total. The molecule has 0 aliphatic carbocycles. The molecule has 4 rings (SSSR count). The first-order valence-corrected chi connectivity index (χ1v) is 8.91. The van der Waals surface area contributed by atoms with E-state index < -0.39 is 0 Å². The highest BCUT2D eigenvalue weighted by molar-refractivity contribution is 7.10. The summed E-state index contributed by atoms with van der Waals surface area (Å²) in [5, 5.41) is 20.6. The molecule has 0 fully saturated rings. The van der Waals surface area contributed by atoms with E-state index in [-0.39, 0.29) is 16.5 Å². The molecule has 0 unspecified atom stereocenters. The average molecular weight is 364 g/mol. The highest BCUT2D eigenvalue weighted by atomic mass is 32.1. The predicted molar refractivity (Wildman–Crippen MR) is 105 cm³/mol. The topological polar surface area (TPSA) is 74.8 Å². The number of benzene rings is 2. The molecule has 0 atom stereocenters. The molecular formula is C20H16N2O3S. The van der Waals surface area contributed by atoms with Crippen LogP contribution in [0.25, 0.3) is 11.6 Å². The van der Waals surface area contributed by atoms with Gasteiger partial charge in [-0.05, 0) is 30.7 Å². The van der Waals surface area contributed by atoms with Crippen molar-refractivity contribution in [3.63, 3.8) is 0 Å². The molecule has 1 aliphatic rings. The van der Waals surface area contributed by atoms with Crippen molar-refractivity contribution in [1.82, 2.24) is 4.57 Å². The molecule has 0 bridgehead atoms. The summed E-state index contributed by atoms with van der Waals surface area (Å²) in [6.07, 6.45) is 3.31. The third-order valence-electron chi connectivity index (χ3n) is 4.29. The van der Waals surface area contributed by atoms with Crippen LogP contribution in [0.1, 0.15) is 21.6 Å². The lowest BCUT2D eigenvalue weighted by atomic mass is 10.1. The van der Waals surface area contributed by atoms with Gasteiger partial charge in [0.15, 0.2) is 0 Å². The average Bonchev–Trinajstić information content (AvgIpc) is 3.14. The van der Waals surface area contributed by atoms with E-state index in [0.717, 1.165) is 22.5 Å². The highest BCUT2D eigenvalue weighted by Gasteiger charge is 2.19. The second-order valence-corrected chi connectivity index (χ2v) is 7.15. The second kappa shape index (κ2) is 6.31. The van der Waals surface area contributed by atoms with Gasteiger partial charge in [0.2, 0.25) is 5.88 Å². The van der Waals surface area contributed by atoms with Crippen LogP contribution in [0.5, 0.6) is 11.6 Å². The molecule has 26 heavy (non-hydrogen) atoms. The van der Waals surface area contributed by atoms with Crippen LogP contribution in [0.2, 0.25) is 0 Å². The Balaban J connectivity index is 1.71. The van der Waals surface area contributed by atoms with Crippen molar-refractivity contribution in [2.45, 2.75) is 13.5 Å². The molecule has 1 aromatic heterocycles. The summed E-state index contributed by atoms with van der Waals surface area (Å²) in [7, 11) is 0. The van der Waals surface area contributed by atoms with E-state index in [9.17, 15) is 15.0 Å². The molecule has 6 heteroatoms. The fourth-order valence-corrected chi connectivity index (χ4v) is 3.75. The molecule has 0 saturated heterocycles. The van der Waals surface area contributed by atoms with Crippen LogP contribution in [0, 0.1) is 6.92 Å². The molecule has 130 valence electrons. The van der Waals surface area contributed by atoms with Crippen LogP contribution in [0.4, 0.5) is 5.69 Å². The van der Waals surface area contributed by atoms with E-state index in [0.29, 0.717) is 28.2 Å². The lowest BCUT2D eigenvalue weighted by Crippen LogP contribution is -2.13. The number of hydrogen-bond acceptors (Lipinski definition) is 5. The quantitative estimate of drug-likeness (QED) is 0.739. The van der Waals surface area contributed by atoms with Gasteiger partial charge in [0.05, 0.1) is 22.7 Å². The molecule has 0 spiro atoms. The largest absolute Gasteiger partial charge is 0.507 e. The van der Waals surface area contributed by atoms with Crippen molar-refractivity contribution in [3.05, 3.63) is 73.7 Å². The Morgan fingerprint density at radius 2 is 1.92 bits per heavy atom. The molecular weight excluding hydrogens is 348 g/mol. The monoisotopic (exact) mass is 364 g/mol. The highest BCUT2D eigenvalue weighted by Crippen LogP contribution is 2.39. The van der Waals surface area contributed by atoms with Crippen LogP contribution >= 0.6 is 11.3 Å².